The van der Waals surface area contributed by atoms with Gasteiger partial charge in [-0.15, -0.1) is 0 Å². The molecule has 0 aliphatic rings. The van der Waals surface area contributed by atoms with Crippen molar-refractivity contribution in [2.45, 2.75) is 12.6 Å². The van der Waals surface area contributed by atoms with Gasteiger partial charge in [-0.05, 0) is 48.5 Å². The van der Waals surface area contributed by atoms with Gasteiger partial charge in [0, 0.05) is 12.2 Å². The second-order valence-electron chi connectivity index (χ2n) is 4.80. The van der Waals surface area contributed by atoms with Crippen molar-refractivity contribution in [2.24, 2.45) is 0 Å². The minimum Gasteiger partial charge on any atom is -0.362 e. The molecule has 0 aromatic heterocycles. The molecule has 23 heavy (non-hydrogen) atoms. The molecule has 7 heteroatoms. The highest BCUT2D eigenvalue weighted by Crippen LogP contribution is 2.32. The second kappa shape index (κ2) is 7.41. The number of thiocarbonyl (C=S) groups is 1. The van der Waals surface area contributed by atoms with Crippen LogP contribution in [0, 0.1) is 5.82 Å². The topological polar surface area (TPSA) is 24.1 Å². The molecule has 0 saturated heterocycles. The monoisotopic (exact) mass is 342 g/mol. The summed E-state index contributed by atoms with van der Waals surface area (Å²) in [6.45, 7) is 0.202. The van der Waals surface area contributed by atoms with E-state index in [0.29, 0.717) is 11.2 Å². The number of halogens is 4. The van der Waals surface area contributed by atoms with Gasteiger partial charge in [0.1, 0.15) is 5.82 Å². The Morgan fingerprint density at radius 3 is 2.39 bits per heavy atom. The summed E-state index contributed by atoms with van der Waals surface area (Å²) in [5.74, 6) is -0.907. The van der Waals surface area contributed by atoms with Crippen molar-refractivity contribution in [3.63, 3.8) is 0 Å². The maximum absolute atomic E-state index is 13.0. The molecule has 0 heterocycles. The summed E-state index contributed by atoms with van der Waals surface area (Å²) >= 11 is 5.07. The predicted octanol–water partition coefficient (Wildman–Crippen LogP) is 4.37. The first kappa shape index (κ1) is 17.2. The minimum atomic E-state index is -4.58. The SMILES string of the molecule is Fc1ccc(CCNC(=S)Nc2ccccc2)c(C(F)(F)F)c1. The van der Waals surface area contributed by atoms with Gasteiger partial charge in [-0.1, -0.05) is 24.3 Å². The molecule has 0 unspecified atom stereocenters. The average molecular weight is 342 g/mol. The van der Waals surface area contributed by atoms with Crippen LogP contribution >= 0.6 is 12.2 Å². The first-order valence-corrected chi connectivity index (χ1v) is 7.22. The Morgan fingerprint density at radius 2 is 1.74 bits per heavy atom. The molecule has 2 aromatic rings. The average Bonchev–Trinajstić information content (AvgIpc) is 2.48. The third-order valence-electron chi connectivity index (χ3n) is 3.09. The van der Waals surface area contributed by atoms with Crippen molar-refractivity contribution < 1.29 is 17.6 Å². The zero-order valence-corrected chi connectivity index (χ0v) is 12.8. The van der Waals surface area contributed by atoms with Gasteiger partial charge in [-0.25, -0.2) is 4.39 Å². The van der Waals surface area contributed by atoms with Gasteiger partial charge < -0.3 is 10.6 Å². The Kier molecular flexibility index (Phi) is 5.54. The Hall–Kier alpha value is -2.15. The van der Waals surface area contributed by atoms with E-state index in [1.54, 1.807) is 0 Å². The number of benzene rings is 2. The number of nitrogens with one attached hydrogen (secondary N) is 2. The normalized spacial score (nSPS) is 11.1. The highest BCUT2D eigenvalue weighted by Gasteiger charge is 2.33. The molecular formula is C16H14F4N2S. The second-order valence-corrected chi connectivity index (χ2v) is 5.20. The van der Waals surface area contributed by atoms with Crippen LogP contribution in [-0.2, 0) is 12.6 Å². The zero-order chi connectivity index (χ0) is 16.9. The Balaban J connectivity index is 1.93. The molecule has 0 radical (unpaired) electrons. The molecule has 0 bridgehead atoms. The molecule has 2 rings (SSSR count). The summed E-state index contributed by atoms with van der Waals surface area (Å²) in [5.41, 5.74) is -0.155. The van der Waals surface area contributed by atoms with E-state index in [1.165, 1.54) is 0 Å². The summed E-state index contributed by atoms with van der Waals surface area (Å²) in [7, 11) is 0. The van der Waals surface area contributed by atoms with E-state index >= 15 is 0 Å². The molecule has 0 saturated carbocycles. The van der Waals surface area contributed by atoms with Gasteiger partial charge in [0.15, 0.2) is 5.11 Å². The van der Waals surface area contributed by atoms with E-state index in [0.717, 1.165) is 17.8 Å². The van der Waals surface area contributed by atoms with Crippen LogP contribution in [0.2, 0.25) is 0 Å². The number of hydrogen-bond donors (Lipinski definition) is 2. The van der Waals surface area contributed by atoms with Crippen LogP contribution in [0.25, 0.3) is 0 Å². The van der Waals surface area contributed by atoms with E-state index in [9.17, 15) is 17.6 Å². The number of rotatable bonds is 4. The third kappa shape index (κ3) is 5.21. The molecule has 2 nitrogen and oxygen atoms in total. The van der Waals surface area contributed by atoms with Gasteiger partial charge in [-0.3, -0.25) is 0 Å². The molecule has 0 atom stereocenters. The quantitative estimate of drug-likeness (QED) is 0.637. The lowest BCUT2D eigenvalue weighted by Crippen LogP contribution is -2.30. The van der Waals surface area contributed by atoms with Crippen LogP contribution in [0.5, 0.6) is 0 Å². The van der Waals surface area contributed by atoms with Crippen LogP contribution in [0.15, 0.2) is 48.5 Å². The smallest absolute Gasteiger partial charge is 0.362 e. The van der Waals surface area contributed by atoms with E-state index in [1.807, 2.05) is 30.3 Å². The summed E-state index contributed by atoms with van der Waals surface area (Å²) in [4.78, 5) is 0. The van der Waals surface area contributed by atoms with Crippen LogP contribution < -0.4 is 10.6 Å². The molecule has 2 aromatic carbocycles. The highest BCUT2D eigenvalue weighted by molar-refractivity contribution is 7.80. The lowest BCUT2D eigenvalue weighted by atomic mass is 10.0. The number of hydrogen-bond acceptors (Lipinski definition) is 1. The van der Waals surface area contributed by atoms with Crippen molar-refractivity contribution >= 4 is 23.0 Å². The Labute approximate surface area is 136 Å². The molecule has 0 spiro atoms. The largest absolute Gasteiger partial charge is 0.416 e. The fourth-order valence-electron chi connectivity index (χ4n) is 2.04. The van der Waals surface area contributed by atoms with Crippen LogP contribution in [0.1, 0.15) is 11.1 Å². The van der Waals surface area contributed by atoms with E-state index in [-0.39, 0.29) is 18.5 Å². The van der Waals surface area contributed by atoms with Gasteiger partial charge in [0.2, 0.25) is 0 Å². The van der Waals surface area contributed by atoms with Crippen molar-refractivity contribution in [3.05, 3.63) is 65.5 Å². The lowest BCUT2D eigenvalue weighted by molar-refractivity contribution is -0.138. The molecule has 2 N–H and O–H groups in total. The maximum Gasteiger partial charge on any atom is 0.416 e. The molecule has 122 valence electrons. The Bertz CT molecular complexity index is 672. The number of alkyl halides is 3. The fraction of sp³-hybridized carbons (Fsp3) is 0.188. The zero-order valence-electron chi connectivity index (χ0n) is 12.0. The number of anilines is 1. The van der Waals surface area contributed by atoms with Crippen molar-refractivity contribution in [1.82, 2.24) is 5.32 Å². The molecule has 0 aliphatic carbocycles. The van der Waals surface area contributed by atoms with Crippen molar-refractivity contribution in [3.8, 4) is 0 Å². The summed E-state index contributed by atoms with van der Waals surface area (Å²) < 4.78 is 51.7. The van der Waals surface area contributed by atoms with Gasteiger partial charge in [-0.2, -0.15) is 13.2 Å². The fourth-order valence-corrected chi connectivity index (χ4v) is 2.26. The van der Waals surface area contributed by atoms with Crippen LogP contribution in [0.4, 0.5) is 23.2 Å². The molecule has 0 fully saturated rings. The van der Waals surface area contributed by atoms with Crippen LogP contribution in [-0.4, -0.2) is 11.7 Å². The predicted molar refractivity (Wildman–Crippen MR) is 85.8 cm³/mol. The summed E-state index contributed by atoms with van der Waals surface area (Å²) in [6, 6.07) is 11.8. The molecule has 0 amide bonds. The van der Waals surface area contributed by atoms with Crippen LogP contribution in [0.3, 0.4) is 0 Å². The van der Waals surface area contributed by atoms with E-state index < -0.39 is 17.6 Å². The van der Waals surface area contributed by atoms with Crippen molar-refractivity contribution in [1.29, 1.82) is 0 Å². The Morgan fingerprint density at radius 1 is 1.04 bits per heavy atom. The lowest BCUT2D eigenvalue weighted by Gasteiger charge is -2.14. The van der Waals surface area contributed by atoms with Gasteiger partial charge in [0.05, 0.1) is 5.56 Å². The minimum absolute atomic E-state index is 0.0221. The standard InChI is InChI=1S/C16H14F4N2S/c17-12-7-6-11(14(10-12)16(18,19)20)8-9-21-15(23)22-13-4-2-1-3-5-13/h1-7,10H,8-9H2,(H2,21,22,23). The van der Waals surface area contributed by atoms with Crippen molar-refractivity contribution in [2.75, 3.05) is 11.9 Å². The first-order valence-electron chi connectivity index (χ1n) is 6.82. The van der Waals surface area contributed by atoms with Gasteiger partial charge >= 0.3 is 6.18 Å². The van der Waals surface area contributed by atoms with Gasteiger partial charge in [0.25, 0.3) is 0 Å². The van der Waals surface area contributed by atoms with E-state index in [4.69, 9.17) is 12.2 Å². The summed E-state index contributed by atoms with van der Waals surface area (Å²) in [6.07, 6.45) is -4.51. The third-order valence-corrected chi connectivity index (χ3v) is 3.34. The van der Waals surface area contributed by atoms with E-state index in [2.05, 4.69) is 10.6 Å². The highest BCUT2D eigenvalue weighted by atomic mass is 32.1. The molecule has 0 aliphatic heterocycles. The molecular weight excluding hydrogens is 328 g/mol. The first-order chi connectivity index (χ1) is 10.9. The number of para-hydroxylation sites is 1. The maximum atomic E-state index is 13.0. The summed E-state index contributed by atoms with van der Waals surface area (Å²) in [5, 5.41) is 6.06.